The Morgan fingerprint density at radius 2 is 0.857 bits per heavy atom. The Morgan fingerprint density at radius 3 is 1.19 bits per heavy atom. The third kappa shape index (κ3) is 13.4. The summed E-state index contributed by atoms with van der Waals surface area (Å²) in [6, 6.07) is 0. The smallest absolute Gasteiger partial charge is 0.0354 e. The lowest BCUT2D eigenvalue weighted by Gasteiger charge is -2.31. The van der Waals surface area contributed by atoms with Crippen LogP contribution < -0.4 is 0 Å². The molecule has 0 aromatic heterocycles. The highest BCUT2D eigenvalue weighted by molar-refractivity contribution is 4.74. The summed E-state index contributed by atoms with van der Waals surface area (Å²) in [6.45, 7) is 12.0. The molecule has 0 aromatic rings. The van der Waals surface area contributed by atoms with Crippen LogP contribution in [-0.2, 0) is 0 Å². The van der Waals surface area contributed by atoms with Crippen molar-refractivity contribution in [1.82, 2.24) is 0 Å². The van der Waals surface area contributed by atoms with Gasteiger partial charge in [0.05, 0.1) is 0 Å². The van der Waals surface area contributed by atoms with Crippen molar-refractivity contribution in [2.75, 3.05) is 0 Å². The van der Waals surface area contributed by atoms with Crippen LogP contribution in [-0.4, -0.2) is 0 Å². The van der Waals surface area contributed by atoms with Crippen molar-refractivity contribution in [1.29, 1.82) is 0 Å². The van der Waals surface area contributed by atoms with Gasteiger partial charge in [-0.2, -0.15) is 0 Å². The quantitative estimate of drug-likeness (QED) is 0.284. The fraction of sp³-hybridized carbons (Fsp3) is 1.00. The van der Waals surface area contributed by atoms with Gasteiger partial charge in [0.15, 0.2) is 0 Å². The van der Waals surface area contributed by atoms with Gasteiger partial charge in [-0.1, -0.05) is 112 Å². The largest absolute Gasteiger partial charge is 0.0654 e. The second-order valence-electron chi connectivity index (χ2n) is 8.18. The summed E-state index contributed by atoms with van der Waals surface area (Å²) in [7, 11) is 0. The van der Waals surface area contributed by atoms with Crippen LogP contribution in [0.3, 0.4) is 0 Å². The SMILES string of the molecule is CCCCCCCCC(CCCCCCCC)C(C)(C)C. The van der Waals surface area contributed by atoms with Crippen molar-refractivity contribution in [3.05, 3.63) is 0 Å². The van der Waals surface area contributed by atoms with E-state index in [1.54, 1.807) is 0 Å². The number of unbranched alkanes of at least 4 members (excludes halogenated alkanes) is 10. The first-order chi connectivity index (χ1) is 10.0. The van der Waals surface area contributed by atoms with E-state index in [4.69, 9.17) is 0 Å². The number of rotatable bonds is 14. The minimum absolute atomic E-state index is 0.507. The molecule has 0 atom stereocenters. The second kappa shape index (κ2) is 13.6. The maximum atomic E-state index is 2.45. The Balaban J connectivity index is 3.74. The average Bonchev–Trinajstić information content (AvgIpc) is 2.42. The molecule has 0 N–H and O–H groups in total. The van der Waals surface area contributed by atoms with Crippen LogP contribution in [0, 0.1) is 11.3 Å². The molecule has 0 aliphatic heterocycles. The van der Waals surface area contributed by atoms with Gasteiger partial charge in [-0.3, -0.25) is 0 Å². The topological polar surface area (TPSA) is 0 Å². The maximum absolute atomic E-state index is 2.45. The van der Waals surface area contributed by atoms with Crippen molar-refractivity contribution in [2.24, 2.45) is 11.3 Å². The predicted molar refractivity (Wildman–Crippen MR) is 98.9 cm³/mol. The van der Waals surface area contributed by atoms with E-state index in [1.165, 1.54) is 89.9 Å². The molecule has 0 saturated carbocycles. The van der Waals surface area contributed by atoms with Crippen molar-refractivity contribution in [2.45, 2.75) is 125 Å². The van der Waals surface area contributed by atoms with E-state index < -0.39 is 0 Å². The van der Waals surface area contributed by atoms with Crippen LogP contribution >= 0.6 is 0 Å². The van der Waals surface area contributed by atoms with Gasteiger partial charge < -0.3 is 0 Å². The molecule has 0 spiro atoms. The summed E-state index contributed by atoms with van der Waals surface area (Å²) in [5, 5.41) is 0. The van der Waals surface area contributed by atoms with Gasteiger partial charge >= 0.3 is 0 Å². The molecule has 0 nitrogen and oxygen atoms in total. The highest BCUT2D eigenvalue weighted by Crippen LogP contribution is 2.34. The van der Waals surface area contributed by atoms with Crippen molar-refractivity contribution in [3.63, 3.8) is 0 Å². The standard InChI is InChI=1S/C21H44/c1-6-8-10-12-14-16-18-20(21(3,4)5)19-17-15-13-11-9-7-2/h20H,6-19H2,1-5H3. The Hall–Kier alpha value is 0. The zero-order chi connectivity index (χ0) is 16.0. The molecule has 0 heteroatoms. The third-order valence-corrected chi connectivity index (χ3v) is 5.04. The normalized spacial score (nSPS) is 12.3. The molecule has 0 fully saturated rings. The van der Waals surface area contributed by atoms with Crippen LogP contribution in [0.1, 0.15) is 125 Å². The minimum Gasteiger partial charge on any atom is -0.0654 e. The maximum Gasteiger partial charge on any atom is -0.0354 e. The molecule has 0 amide bonds. The van der Waals surface area contributed by atoms with Gasteiger partial charge in [-0.25, -0.2) is 0 Å². The van der Waals surface area contributed by atoms with Gasteiger partial charge in [0.25, 0.3) is 0 Å². The lowest BCUT2D eigenvalue weighted by Crippen LogP contribution is -2.20. The summed E-state index contributed by atoms with van der Waals surface area (Å²) < 4.78 is 0. The molecule has 0 rings (SSSR count). The molecule has 0 radical (unpaired) electrons. The molecule has 0 bridgehead atoms. The molecule has 0 unspecified atom stereocenters. The van der Waals surface area contributed by atoms with Crippen molar-refractivity contribution >= 4 is 0 Å². The summed E-state index contributed by atoms with van der Waals surface area (Å²) in [4.78, 5) is 0. The Bertz CT molecular complexity index is 183. The van der Waals surface area contributed by atoms with Crippen molar-refractivity contribution in [3.8, 4) is 0 Å². The first-order valence-electron chi connectivity index (χ1n) is 10.0. The van der Waals surface area contributed by atoms with Gasteiger partial charge in [0.1, 0.15) is 0 Å². The first-order valence-corrected chi connectivity index (χ1v) is 10.0. The molecule has 21 heavy (non-hydrogen) atoms. The second-order valence-corrected chi connectivity index (χ2v) is 8.18. The first kappa shape index (κ1) is 21.0. The average molecular weight is 297 g/mol. The van der Waals surface area contributed by atoms with Crippen LogP contribution in [0.15, 0.2) is 0 Å². The summed E-state index contributed by atoms with van der Waals surface area (Å²) >= 11 is 0. The zero-order valence-electron chi connectivity index (χ0n) is 16.0. The molecule has 128 valence electrons. The van der Waals surface area contributed by atoms with Crippen LogP contribution in [0.2, 0.25) is 0 Å². The van der Waals surface area contributed by atoms with Crippen molar-refractivity contribution < 1.29 is 0 Å². The van der Waals surface area contributed by atoms with E-state index in [-0.39, 0.29) is 0 Å². The van der Waals surface area contributed by atoms with Crippen LogP contribution in [0.4, 0.5) is 0 Å². The molecular weight excluding hydrogens is 252 g/mol. The Labute approximate surface area is 136 Å². The molecule has 0 heterocycles. The summed E-state index contributed by atoms with van der Waals surface area (Å²) in [5.74, 6) is 0.940. The number of hydrogen-bond acceptors (Lipinski definition) is 0. The summed E-state index contributed by atoms with van der Waals surface area (Å²) in [6.07, 6.45) is 20.2. The predicted octanol–water partition coefficient (Wildman–Crippen LogP) is 8.15. The lowest BCUT2D eigenvalue weighted by molar-refractivity contribution is 0.201. The van der Waals surface area contributed by atoms with Gasteiger partial charge in [0.2, 0.25) is 0 Å². The minimum atomic E-state index is 0.507. The fourth-order valence-electron chi connectivity index (χ4n) is 3.35. The third-order valence-electron chi connectivity index (χ3n) is 5.04. The highest BCUT2D eigenvalue weighted by atomic mass is 14.3. The molecule has 0 aromatic carbocycles. The molecule has 0 aliphatic carbocycles. The molecule has 0 saturated heterocycles. The van der Waals surface area contributed by atoms with Crippen LogP contribution in [0.25, 0.3) is 0 Å². The Kier molecular flexibility index (Phi) is 13.6. The molecular formula is C21H44. The van der Waals surface area contributed by atoms with E-state index in [9.17, 15) is 0 Å². The van der Waals surface area contributed by atoms with Gasteiger partial charge in [0, 0.05) is 0 Å². The van der Waals surface area contributed by atoms with E-state index in [2.05, 4.69) is 34.6 Å². The number of hydrogen-bond donors (Lipinski definition) is 0. The lowest BCUT2D eigenvalue weighted by atomic mass is 9.75. The van der Waals surface area contributed by atoms with E-state index in [0.29, 0.717) is 5.41 Å². The van der Waals surface area contributed by atoms with E-state index >= 15 is 0 Å². The fourth-order valence-corrected chi connectivity index (χ4v) is 3.35. The summed E-state index contributed by atoms with van der Waals surface area (Å²) in [5.41, 5.74) is 0.507. The molecule has 0 aliphatic rings. The zero-order valence-corrected chi connectivity index (χ0v) is 16.0. The Morgan fingerprint density at radius 1 is 0.524 bits per heavy atom. The highest BCUT2D eigenvalue weighted by Gasteiger charge is 2.23. The van der Waals surface area contributed by atoms with Crippen LogP contribution in [0.5, 0.6) is 0 Å². The van der Waals surface area contributed by atoms with Gasteiger partial charge in [-0.15, -0.1) is 0 Å². The van der Waals surface area contributed by atoms with E-state index in [0.717, 1.165) is 5.92 Å². The van der Waals surface area contributed by atoms with Gasteiger partial charge in [-0.05, 0) is 24.2 Å². The monoisotopic (exact) mass is 296 g/mol. The van der Waals surface area contributed by atoms with E-state index in [1.807, 2.05) is 0 Å².